The molecule has 0 atom stereocenters. The monoisotopic (exact) mass is 374 g/mol. The minimum atomic E-state index is -0.509. The van der Waals surface area contributed by atoms with Crippen molar-refractivity contribution in [3.05, 3.63) is 85.5 Å². The third kappa shape index (κ3) is 4.45. The lowest BCUT2D eigenvalue weighted by Crippen LogP contribution is -2.07. The molecule has 0 amide bonds. The van der Waals surface area contributed by atoms with Crippen molar-refractivity contribution >= 4 is 11.9 Å². The Balaban J connectivity index is 1.73. The van der Waals surface area contributed by atoms with E-state index in [2.05, 4.69) is 13.2 Å². The lowest BCUT2D eigenvalue weighted by atomic mass is 10.1. The molecule has 0 radical (unpaired) electrons. The molecule has 0 bridgehead atoms. The number of benzene rings is 2. The van der Waals surface area contributed by atoms with Gasteiger partial charge in [0.15, 0.2) is 0 Å². The Bertz CT molecular complexity index is 1020. The molecule has 2 aromatic carbocycles. The van der Waals surface area contributed by atoms with Gasteiger partial charge in [-0.05, 0) is 67.6 Å². The first-order chi connectivity index (χ1) is 13.5. The van der Waals surface area contributed by atoms with Crippen molar-refractivity contribution in [3.63, 3.8) is 0 Å². The van der Waals surface area contributed by atoms with E-state index in [0.29, 0.717) is 28.6 Å². The Kier molecular flexibility index (Phi) is 5.56. The summed E-state index contributed by atoms with van der Waals surface area (Å²) in [6.07, 6.45) is 1.11. The molecule has 0 aliphatic rings. The fourth-order valence-corrected chi connectivity index (χ4v) is 2.37. The summed E-state index contributed by atoms with van der Waals surface area (Å²) >= 11 is 0. The van der Waals surface area contributed by atoms with Crippen molar-refractivity contribution in [1.82, 2.24) is 0 Å². The second kappa shape index (κ2) is 8.22. The zero-order valence-corrected chi connectivity index (χ0v) is 15.3. The molecule has 0 aliphatic carbocycles. The molecular formula is C23H18O5. The lowest BCUT2D eigenvalue weighted by Gasteiger charge is -2.04. The molecule has 0 N–H and O–H groups in total. The predicted octanol–water partition coefficient (Wildman–Crippen LogP) is 5.19. The van der Waals surface area contributed by atoms with E-state index in [-0.39, 0.29) is 0 Å². The minimum Gasteiger partial charge on any atom is -0.456 e. The van der Waals surface area contributed by atoms with E-state index in [0.717, 1.165) is 17.2 Å². The highest BCUT2D eigenvalue weighted by Crippen LogP contribution is 2.30. The first kappa shape index (κ1) is 18.9. The van der Waals surface area contributed by atoms with E-state index in [1.165, 1.54) is 0 Å². The van der Waals surface area contributed by atoms with Gasteiger partial charge in [-0.1, -0.05) is 13.2 Å². The second-order valence-corrected chi connectivity index (χ2v) is 6.01. The zero-order chi connectivity index (χ0) is 20.1. The highest BCUT2D eigenvalue weighted by molar-refractivity contribution is 5.88. The number of rotatable bonds is 6. The predicted molar refractivity (Wildman–Crippen MR) is 106 cm³/mol. The van der Waals surface area contributed by atoms with Gasteiger partial charge in [-0.3, -0.25) is 0 Å². The van der Waals surface area contributed by atoms with Gasteiger partial charge in [0.05, 0.1) is 0 Å². The summed E-state index contributed by atoms with van der Waals surface area (Å²) in [5, 5.41) is 0. The molecule has 1 heterocycles. The smallest absolute Gasteiger partial charge is 0.338 e. The summed E-state index contributed by atoms with van der Waals surface area (Å²) < 4.78 is 16.1. The molecule has 28 heavy (non-hydrogen) atoms. The Morgan fingerprint density at radius 3 is 1.71 bits per heavy atom. The van der Waals surface area contributed by atoms with Crippen molar-refractivity contribution < 1.29 is 23.5 Å². The number of carbonyl (C=O) groups excluding carboxylic acids is 2. The standard InChI is InChI=1S/C23H18O5/c1-4-22(24)26-18-9-5-16(6-10-18)20-13-14-21(28-20)17-7-11-19(12-8-17)27-23(25)15(2)3/h4-14H,1-2H2,3H3. The van der Waals surface area contributed by atoms with E-state index in [1.54, 1.807) is 43.3 Å². The molecule has 5 heteroatoms. The van der Waals surface area contributed by atoms with Crippen molar-refractivity contribution in [2.75, 3.05) is 0 Å². The Hall–Kier alpha value is -3.86. The summed E-state index contributed by atoms with van der Waals surface area (Å²) in [5.74, 6) is 1.25. The first-order valence-corrected chi connectivity index (χ1v) is 8.49. The molecule has 0 spiro atoms. The van der Waals surface area contributed by atoms with Gasteiger partial charge in [0.1, 0.15) is 23.0 Å². The highest BCUT2D eigenvalue weighted by atomic mass is 16.5. The molecule has 5 nitrogen and oxygen atoms in total. The summed E-state index contributed by atoms with van der Waals surface area (Å²) in [6.45, 7) is 8.51. The van der Waals surface area contributed by atoms with Crippen LogP contribution in [0.2, 0.25) is 0 Å². The van der Waals surface area contributed by atoms with Crippen LogP contribution in [0.5, 0.6) is 11.5 Å². The Morgan fingerprint density at radius 2 is 1.29 bits per heavy atom. The quantitative estimate of drug-likeness (QED) is 0.338. The van der Waals surface area contributed by atoms with Crippen molar-refractivity contribution in [2.45, 2.75) is 6.92 Å². The van der Waals surface area contributed by atoms with Crippen molar-refractivity contribution in [1.29, 1.82) is 0 Å². The largest absolute Gasteiger partial charge is 0.456 e. The van der Waals surface area contributed by atoms with Crippen LogP contribution in [0.3, 0.4) is 0 Å². The zero-order valence-electron chi connectivity index (χ0n) is 15.3. The fraction of sp³-hybridized carbons (Fsp3) is 0.0435. The molecule has 1 aromatic heterocycles. The molecule has 0 saturated carbocycles. The summed E-state index contributed by atoms with van der Waals surface area (Å²) in [6, 6.07) is 17.7. The molecule has 3 aromatic rings. The average Bonchev–Trinajstić information content (AvgIpc) is 3.19. The number of hydrogen-bond donors (Lipinski definition) is 0. The van der Waals surface area contributed by atoms with E-state index in [9.17, 15) is 9.59 Å². The van der Waals surface area contributed by atoms with Gasteiger partial charge >= 0.3 is 11.9 Å². The molecule has 140 valence electrons. The van der Waals surface area contributed by atoms with Crippen LogP contribution in [-0.2, 0) is 9.59 Å². The van der Waals surface area contributed by atoms with Gasteiger partial charge in [0, 0.05) is 22.8 Å². The molecule has 0 aliphatic heterocycles. The van der Waals surface area contributed by atoms with Crippen LogP contribution in [0.4, 0.5) is 0 Å². The van der Waals surface area contributed by atoms with Crippen molar-refractivity contribution in [3.8, 4) is 34.1 Å². The first-order valence-electron chi connectivity index (χ1n) is 8.49. The van der Waals surface area contributed by atoms with Crippen LogP contribution < -0.4 is 9.47 Å². The summed E-state index contributed by atoms with van der Waals surface area (Å²) in [7, 11) is 0. The number of esters is 2. The van der Waals surface area contributed by atoms with E-state index < -0.39 is 11.9 Å². The number of ether oxygens (including phenoxy) is 2. The molecule has 3 rings (SSSR count). The number of furan rings is 1. The average molecular weight is 374 g/mol. The van der Waals surface area contributed by atoms with Gasteiger partial charge in [0.25, 0.3) is 0 Å². The molecule has 0 unspecified atom stereocenters. The van der Waals surface area contributed by atoms with Gasteiger partial charge in [-0.25, -0.2) is 9.59 Å². The Labute approximate surface area is 162 Å². The van der Waals surface area contributed by atoms with Crippen LogP contribution in [0, 0.1) is 0 Å². The lowest BCUT2D eigenvalue weighted by molar-refractivity contribution is -0.130. The maximum absolute atomic E-state index is 11.6. The van der Waals surface area contributed by atoms with E-state index in [4.69, 9.17) is 13.9 Å². The van der Waals surface area contributed by atoms with Crippen molar-refractivity contribution in [2.24, 2.45) is 0 Å². The van der Waals surface area contributed by atoms with Crippen LogP contribution in [0.15, 0.2) is 89.9 Å². The van der Waals surface area contributed by atoms with Crippen LogP contribution in [0.1, 0.15) is 6.92 Å². The van der Waals surface area contributed by atoms with E-state index in [1.807, 2.05) is 24.3 Å². The molecule has 0 fully saturated rings. The summed E-state index contributed by atoms with van der Waals surface area (Å²) in [4.78, 5) is 22.8. The number of hydrogen-bond acceptors (Lipinski definition) is 5. The van der Waals surface area contributed by atoms with Gasteiger partial charge in [-0.15, -0.1) is 0 Å². The maximum atomic E-state index is 11.6. The van der Waals surface area contributed by atoms with Gasteiger partial charge < -0.3 is 13.9 Å². The highest BCUT2D eigenvalue weighted by Gasteiger charge is 2.09. The minimum absolute atomic E-state index is 0.338. The third-order valence-electron chi connectivity index (χ3n) is 3.83. The second-order valence-electron chi connectivity index (χ2n) is 6.01. The third-order valence-corrected chi connectivity index (χ3v) is 3.83. The topological polar surface area (TPSA) is 65.7 Å². The number of carbonyl (C=O) groups is 2. The maximum Gasteiger partial charge on any atom is 0.338 e. The Morgan fingerprint density at radius 1 is 0.821 bits per heavy atom. The van der Waals surface area contributed by atoms with Gasteiger partial charge in [0.2, 0.25) is 0 Å². The van der Waals surface area contributed by atoms with Gasteiger partial charge in [-0.2, -0.15) is 0 Å². The van der Waals surface area contributed by atoms with Crippen LogP contribution >= 0.6 is 0 Å². The molecular weight excluding hydrogens is 356 g/mol. The van der Waals surface area contributed by atoms with E-state index >= 15 is 0 Å². The van der Waals surface area contributed by atoms with Crippen LogP contribution in [-0.4, -0.2) is 11.9 Å². The van der Waals surface area contributed by atoms with Crippen LogP contribution in [0.25, 0.3) is 22.6 Å². The summed E-state index contributed by atoms with van der Waals surface area (Å²) in [5.41, 5.74) is 2.03. The normalized spacial score (nSPS) is 10.2. The SMILES string of the molecule is C=CC(=O)Oc1ccc(-c2ccc(-c3ccc(OC(=O)C(=C)C)cc3)o2)cc1. The molecule has 0 saturated heterocycles. The fourth-order valence-electron chi connectivity index (χ4n) is 2.37.